The summed E-state index contributed by atoms with van der Waals surface area (Å²) in [6.45, 7) is 0.322. The molecule has 3 N–H and O–H groups in total. The second-order valence-corrected chi connectivity index (χ2v) is 12.0. The van der Waals surface area contributed by atoms with Gasteiger partial charge in [0.25, 0.3) is 11.5 Å². The average molecular weight is 674 g/mol. The summed E-state index contributed by atoms with van der Waals surface area (Å²) in [4.78, 5) is 35.6. The Labute approximate surface area is 265 Å². The van der Waals surface area contributed by atoms with Crippen LogP contribution in [-0.2, 0) is 13.5 Å². The fraction of sp³-hybridized carbons (Fsp3) is 0.182. The third-order valence-electron chi connectivity index (χ3n) is 7.78. The fourth-order valence-corrected chi connectivity index (χ4v) is 6.86. The van der Waals surface area contributed by atoms with Crippen molar-refractivity contribution in [1.29, 1.82) is 0 Å². The summed E-state index contributed by atoms with van der Waals surface area (Å²) < 4.78 is 13.0. The molecule has 9 nitrogen and oxygen atoms in total. The number of nitrogens with zero attached hydrogens (tertiary/aromatic N) is 2. The number of hydrogen-bond acceptors (Lipinski definition) is 7. The summed E-state index contributed by atoms with van der Waals surface area (Å²) in [5.41, 5.74) is 5.74. The Bertz CT molecular complexity index is 2080. The highest BCUT2D eigenvalue weighted by Gasteiger charge is 2.31. The first-order valence-corrected chi connectivity index (χ1v) is 15.5. The molecular formula is C33H29BrN4O5S. The first kappa shape index (κ1) is 29.5. The number of fused-ring (bicyclic) bond motifs is 2. The lowest BCUT2D eigenvalue weighted by molar-refractivity contribution is 0.0953. The molecule has 6 rings (SSSR count). The predicted octanol–water partition coefficient (Wildman–Crippen LogP) is 6.11. The van der Waals surface area contributed by atoms with Crippen molar-refractivity contribution in [3.8, 4) is 17.2 Å². The summed E-state index contributed by atoms with van der Waals surface area (Å²) in [5, 5.41) is 15.5. The van der Waals surface area contributed by atoms with E-state index in [1.54, 1.807) is 42.4 Å². The van der Waals surface area contributed by atoms with Gasteiger partial charge in [0.2, 0.25) is 0 Å². The van der Waals surface area contributed by atoms with Crippen LogP contribution in [0.2, 0.25) is 0 Å². The smallest absolute Gasteiger partial charge is 0.259 e. The number of hydrogen-bond donors (Lipinski definition) is 3. The van der Waals surface area contributed by atoms with Crippen LogP contribution in [-0.4, -0.2) is 46.3 Å². The Balaban J connectivity index is 1.44. The summed E-state index contributed by atoms with van der Waals surface area (Å²) in [6, 6.07) is 20.6. The number of pyridine rings is 1. The third-order valence-corrected chi connectivity index (χ3v) is 9.17. The Morgan fingerprint density at radius 1 is 1.09 bits per heavy atom. The van der Waals surface area contributed by atoms with Gasteiger partial charge in [0, 0.05) is 40.2 Å². The molecule has 0 saturated heterocycles. The van der Waals surface area contributed by atoms with Crippen LogP contribution in [0, 0.1) is 0 Å². The van der Waals surface area contributed by atoms with Crippen LogP contribution < -0.4 is 20.3 Å². The number of thiazole rings is 1. The van der Waals surface area contributed by atoms with E-state index < -0.39 is 5.92 Å². The standard InChI is InChI=1S/C33H29BrN4O5S/c1-38-32(41)27(30(39)29-33(38)44-17-36-29)26(18-7-6-8-20(34)15-18)28-22(21-9-4-5-10-23(21)37-28)13-14-35-31(40)19-11-12-24(42-2)25(16-19)43-3/h4-12,15-17,26,37,39H,13-14H2,1-3H3,(H,35,40). The molecule has 3 heterocycles. The van der Waals surface area contributed by atoms with E-state index in [1.165, 1.54) is 18.4 Å². The minimum Gasteiger partial charge on any atom is -0.505 e. The van der Waals surface area contributed by atoms with Crippen LogP contribution in [0.1, 0.15) is 38.7 Å². The van der Waals surface area contributed by atoms with Crippen molar-refractivity contribution < 1.29 is 19.4 Å². The number of aryl methyl sites for hydroxylation is 1. The van der Waals surface area contributed by atoms with Crippen molar-refractivity contribution in [2.75, 3.05) is 20.8 Å². The molecule has 6 aromatic rings. The van der Waals surface area contributed by atoms with Gasteiger partial charge in [-0.25, -0.2) is 4.98 Å². The van der Waals surface area contributed by atoms with Gasteiger partial charge in [-0.2, -0.15) is 0 Å². The highest BCUT2D eigenvalue weighted by Crippen LogP contribution is 2.41. The van der Waals surface area contributed by atoms with Crippen LogP contribution in [0.5, 0.6) is 17.2 Å². The Morgan fingerprint density at radius 2 is 1.89 bits per heavy atom. The zero-order chi connectivity index (χ0) is 31.0. The average Bonchev–Trinajstić information content (AvgIpc) is 3.67. The van der Waals surface area contributed by atoms with E-state index in [4.69, 9.17) is 9.47 Å². The number of H-pyrrole nitrogens is 1. The van der Waals surface area contributed by atoms with Crippen LogP contribution in [0.4, 0.5) is 0 Å². The quantitative estimate of drug-likeness (QED) is 0.170. The van der Waals surface area contributed by atoms with Gasteiger partial charge < -0.3 is 29.4 Å². The zero-order valence-corrected chi connectivity index (χ0v) is 26.6. The molecule has 1 atom stereocenters. The van der Waals surface area contributed by atoms with Gasteiger partial charge in [0.15, 0.2) is 17.2 Å². The molecule has 0 fully saturated rings. The molecule has 3 aromatic carbocycles. The number of carbonyl (C=O) groups excluding carboxylic acids is 1. The van der Waals surface area contributed by atoms with Crippen molar-refractivity contribution in [1.82, 2.24) is 19.9 Å². The van der Waals surface area contributed by atoms with Gasteiger partial charge in [-0.05, 0) is 53.9 Å². The van der Waals surface area contributed by atoms with Crippen molar-refractivity contribution in [3.63, 3.8) is 0 Å². The number of aromatic hydroxyl groups is 1. The molecular weight excluding hydrogens is 644 g/mol. The van der Waals surface area contributed by atoms with Gasteiger partial charge >= 0.3 is 0 Å². The van der Waals surface area contributed by atoms with E-state index in [0.29, 0.717) is 40.4 Å². The zero-order valence-electron chi connectivity index (χ0n) is 24.2. The molecule has 0 spiro atoms. The van der Waals surface area contributed by atoms with Gasteiger partial charge in [0.05, 0.1) is 31.2 Å². The number of benzene rings is 3. The van der Waals surface area contributed by atoms with Crippen LogP contribution in [0.15, 0.2) is 81.5 Å². The van der Waals surface area contributed by atoms with Crippen molar-refractivity contribution >= 4 is 54.4 Å². The summed E-state index contributed by atoms with van der Waals surface area (Å²) >= 11 is 4.88. The third kappa shape index (κ3) is 5.22. The molecule has 0 aliphatic rings. The van der Waals surface area contributed by atoms with E-state index >= 15 is 0 Å². The highest BCUT2D eigenvalue weighted by atomic mass is 79.9. The second kappa shape index (κ2) is 12.2. The molecule has 0 aliphatic carbocycles. The lowest BCUT2D eigenvalue weighted by Crippen LogP contribution is -2.27. The number of aromatic nitrogens is 3. The molecule has 3 aromatic heterocycles. The van der Waals surface area contributed by atoms with Crippen molar-refractivity contribution in [2.24, 2.45) is 7.05 Å². The van der Waals surface area contributed by atoms with Crippen LogP contribution in [0.25, 0.3) is 21.3 Å². The molecule has 44 heavy (non-hydrogen) atoms. The number of aromatic amines is 1. The van der Waals surface area contributed by atoms with Gasteiger partial charge in [-0.3, -0.25) is 9.59 Å². The molecule has 0 radical (unpaired) electrons. The van der Waals surface area contributed by atoms with Crippen LogP contribution >= 0.6 is 27.3 Å². The normalized spacial score (nSPS) is 12.0. The van der Waals surface area contributed by atoms with E-state index in [9.17, 15) is 14.7 Å². The minimum atomic E-state index is -0.652. The van der Waals surface area contributed by atoms with Gasteiger partial charge in [0.1, 0.15) is 10.3 Å². The van der Waals surface area contributed by atoms with Gasteiger partial charge in [-0.15, -0.1) is 11.3 Å². The number of ether oxygens (including phenoxy) is 2. The Morgan fingerprint density at radius 3 is 2.66 bits per heavy atom. The van der Waals surface area contributed by atoms with Crippen LogP contribution in [0.3, 0.4) is 0 Å². The number of halogens is 1. The maximum absolute atomic E-state index is 13.9. The summed E-state index contributed by atoms with van der Waals surface area (Å²) in [6.07, 6.45) is 0.461. The van der Waals surface area contributed by atoms with E-state index in [-0.39, 0.29) is 22.8 Å². The van der Waals surface area contributed by atoms with Gasteiger partial charge in [-0.1, -0.05) is 46.3 Å². The first-order valence-electron chi connectivity index (χ1n) is 13.8. The molecule has 0 aliphatic heterocycles. The lowest BCUT2D eigenvalue weighted by Gasteiger charge is -2.21. The number of carbonyl (C=O) groups is 1. The van der Waals surface area contributed by atoms with Crippen molar-refractivity contribution in [2.45, 2.75) is 12.3 Å². The maximum Gasteiger partial charge on any atom is 0.259 e. The minimum absolute atomic E-state index is 0.138. The van der Waals surface area contributed by atoms with E-state index in [0.717, 1.165) is 32.2 Å². The largest absolute Gasteiger partial charge is 0.505 e. The number of rotatable bonds is 9. The molecule has 0 saturated carbocycles. The topological polar surface area (TPSA) is 118 Å². The highest BCUT2D eigenvalue weighted by molar-refractivity contribution is 9.10. The molecule has 224 valence electrons. The monoisotopic (exact) mass is 672 g/mol. The molecule has 1 unspecified atom stereocenters. The predicted molar refractivity (Wildman–Crippen MR) is 175 cm³/mol. The maximum atomic E-state index is 13.9. The molecule has 11 heteroatoms. The second-order valence-electron chi connectivity index (χ2n) is 10.3. The SMILES string of the molecule is COc1ccc(C(=O)NCCc2c(C(c3cccc(Br)c3)c3c(O)c4ncsc4n(C)c3=O)[nH]c3ccccc23)cc1OC. The molecule has 0 bridgehead atoms. The number of methoxy groups -OCH3 is 2. The lowest BCUT2D eigenvalue weighted by atomic mass is 9.85. The Hall–Kier alpha value is -4.61. The number of nitrogens with one attached hydrogen (secondary N) is 2. The van der Waals surface area contributed by atoms with Crippen molar-refractivity contribution in [3.05, 3.63) is 115 Å². The van der Waals surface area contributed by atoms with E-state index in [1.807, 2.05) is 48.5 Å². The summed E-state index contributed by atoms with van der Waals surface area (Å²) in [5.74, 6) is -0.0379. The number of amides is 1. The summed E-state index contributed by atoms with van der Waals surface area (Å²) in [7, 11) is 4.76. The molecule has 1 amide bonds. The first-order chi connectivity index (χ1) is 21.3. The Kier molecular flexibility index (Phi) is 8.15. The van der Waals surface area contributed by atoms with E-state index in [2.05, 4.69) is 31.2 Å². The number of para-hydroxylation sites is 1. The fourth-order valence-electron chi connectivity index (χ4n) is 5.68.